The number of aryl methyl sites for hydroxylation is 1. The molecule has 0 saturated heterocycles. The molecule has 0 atom stereocenters. The van der Waals surface area contributed by atoms with E-state index in [1.54, 1.807) is 7.11 Å². The van der Waals surface area contributed by atoms with E-state index < -0.39 is 0 Å². The van der Waals surface area contributed by atoms with Gasteiger partial charge in [0.25, 0.3) is 5.91 Å². The van der Waals surface area contributed by atoms with E-state index in [2.05, 4.69) is 24.3 Å². The molecule has 3 aromatic rings. The quantitative estimate of drug-likeness (QED) is 0.725. The van der Waals surface area contributed by atoms with Crippen LogP contribution in [0, 0.1) is 12.8 Å². The number of carbonyl (C=O) groups excluding carboxylic acids is 1. The number of thiophene rings is 1. The molecule has 0 aliphatic carbocycles. The van der Waals surface area contributed by atoms with E-state index in [1.165, 1.54) is 11.3 Å². The standard InChI is InChI=1S/C19H23N3O2S/c1-12(2)11-22-19-16(13(3)21-22)9-17(25-19)18(23)20-10-14-6-5-7-15(8-14)24-4/h5-9,12H,10-11H2,1-4H3,(H,20,23). The maximum atomic E-state index is 12.5. The number of nitrogens with zero attached hydrogens (tertiary/aromatic N) is 2. The number of hydrogen-bond acceptors (Lipinski definition) is 4. The minimum Gasteiger partial charge on any atom is -0.497 e. The Kier molecular flexibility index (Phi) is 5.08. The van der Waals surface area contributed by atoms with Crippen LogP contribution in [-0.4, -0.2) is 22.8 Å². The molecule has 6 heteroatoms. The average molecular weight is 357 g/mol. The highest BCUT2D eigenvalue weighted by molar-refractivity contribution is 7.20. The van der Waals surface area contributed by atoms with Crippen molar-refractivity contribution in [3.05, 3.63) is 46.5 Å². The van der Waals surface area contributed by atoms with Gasteiger partial charge in [-0.2, -0.15) is 5.10 Å². The van der Waals surface area contributed by atoms with Crippen LogP contribution in [0.2, 0.25) is 0 Å². The fourth-order valence-electron chi connectivity index (χ4n) is 2.75. The minimum absolute atomic E-state index is 0.0560. The number of fused-ring (bicyclic) bond motifs is 1. The topological polar surface area (TPSA) is 56.1 Å². The van der Waals surface area contributed by atoms with Gasteiger partial charge < -0.3 is 10.1 Å². The van der Waals surface area contributed by atoms with Crippen LogP contribution in [0.25, 0.3) is 10.2 Å². The molecule has 0 bridgehead atoms. The molecule has 1 amide bonds. The van der Waals surface area contributed by atoms with Crippen LogP contribution in [0.3, 0.4) is 0 Å². The summed E-state index contributed by atoms with van der Waals surface area (Å²) in [6, 6.07) is 9.65. The van der Waals surface area contributed by atoms with Gasteiger partial charge in [-0.1, -0.05) is 26.0 Å². The Bertz CT molecular complexity index is 895. The summed E-state index contributed by atoms with van der Waals surface area (Å²) in [6.07, 6.45) is 0. The molecule has 132 valence electrons. The van der Waals surface area contributed by atoms with E-state index in [1.807, 2.05) is 41.9 Å². The number of methoxy groups -OCH3 is 1. The molecule has 0 aliphatic rings. The molecular weight excluding hydrogens is 334 g/mol. The molecule has 0 spiro atoms. The van der Waals surface area contributed by atoms with Gasteiger partial charge in [0.15, 0.2) is 0 Å². The van der Waals surface area contributed by atoms with Crippen LogP contribution in [0.4, 0.5) is 0 Å². The zero-order valence-electron chi connectivity index (χ0n) is 15.0. The molecule has 1 aromatic carbocycles. The number of nitrogens with one attached hydrogen (secondary N) is 1. The van der Waals surface area contributed by atoms with E-state index in [4.69, 9.17) is 4.74 Å². The summed E-state index contributed by atoms with van der Waals surface area (Å²) in [6.45, 7) is 7.65. The van der Waals surface area contributed by atoms with Crippen LogP contribution in [0.1, 0.15) is 34.8 Å². The number of ether oxygens (including phenoxy) is 1. The van der Waals surface area contributed by atoms with Crippen LogP contribution < -0.4 is 10.1 Å². The van der Waals surface area contributed by atoms with E-state index in [0.29, 0.717) is 12.5 Å². The second-order valence-corrected chi connectivity index (χ2v) is 7.56. The molecule has 0 fully saturated rings. The lowest BCUT2D eigenvalue weighted by atomic mass is 10.2. The lowest BCUT2D eigenvalue weighted by molar-refractivity contribution is 0.0955. The molecule has 25 heavy (non-hydrogen) atoms. The summed E-state index contributed by atoms with van der Waals surface area (Å²) in [7, 11) is 1.64. The van der Waals surface area contributed by atoms with Crippen molar-refractivity contribution in [2.24, 2.45) is 5.92 Å². The van der Waals surface area contributed by atoms with E-state index in [0.717, 1.165) is 38.6 Å². The number of aromatic nitrogens is 2. The van der Waals surface area contributed by atoms with Gasteiger partial charge in [-0.25, -0.2) is 0 Å². The van der Waals surface area contributed by atoms with Gasteiger partial charge in [-0.15, -0.1) is 11.3 Å². The number of rotatable bonds is 6. The van der Waals surface area contributed by atoms with E-state index >= 15 is 0 Å². The third kappa shape index (κ3) is 3.85. The lowest BCUT2D eigenvalue weighted by Gasteiger charge is -2.06. The van der Waals surface area contributed by atoms with Crippen molar-refractivity contribution in [3.8, 4) is 5.75 Å². The van der Waals surface area contributed by atoms with Crippen LogP contribution in [0.15, 0.2) is 30.3 Å². The van der Waals surface area contributed by atoms with Gasteiger partial charge in [0.05, 0.1) is 17.7 Å². The highest BCUT2D eigenvalue weighted by Crippen LogP contribution is 2.29. The third-order valence-electron chi connectivity index (χ3n) is 3.96. The summed E-state index contributed by atoms with van der Waals surface area (Å²) in [5.41, 5.74) is 1.98. The molecule has 0 saturated carbocycles. The molecule has 0 radical (unpaired) electrons. The summed E-state index contributed by atoms with van der Waals surface area (Å²) < 4.78 is 7.23. The molecule has 5 nitrogen and oxygen atoms in total. The molecule has 1 N–H and O–H groups in total. The molecule has 0 aliphatic heterocycles. The first-order valence-electron chi connectivity index (χ1n) is 8.36. The Morgan fingerprint density at radius 1 is 1.36 bits per heavy atom. The van der Waals surface area contributed by atoms with Crippen molar-refractivity contribution in [2.45, 2.75) is 33.9 Å². The number of hydrogen-bond donors (Lipinski definition) is 1. The molecule has 2 aromatic heterocycles. The van der Waals surface area contributed by atoms with Gasteiger partial charge >= 0.3 is 0 Å². The summed E-state index contributed by atoms with van der Waals surface area (Å²) in [5.74, 6) is 1.24. The van der Waals surface area contributed by atoms with E-state index in [-0.39, 0.29) is 5.91 Å². The second kappa shape index (κ2) is 7.27. The molecule has 2 heterocycles. The summed E-state index contributed by atoms with van der Waals surface area (Å²) in [5, 5.41) is 8.63. The van der Waals surface area contributed by atoms with Crippen molar-refractivity contribution in [3.63, 3.8) is 0 Å². The summed E-state index contributed by atoms with van der Waals surface area (Å²) in [4.78, 5) is 14.3. The van der Waals surface area contributed by atoms with Crippen molar-refractivity contribution in [1.82, 2.24) is 15.1 Å². The minimum atomic E-state index is -0.0560. The number of carbonyl (C=O) groups is 1. The zero-order valence-corrected chi connectivity index (χ0v) is 15.8. The maximum absolute atomic E-state index is 12.5. The van der Waals surface area contributed by atoms with Gasteiger partial charge in [-0.3, -0.25) is 9.48 Å². The highest BCUT2D eigenvalue weighted by Gasteiger charge is 2.16. The Hall–Kier alpha value is -2.34. The number of benzene rings is 1. The highest BCUT2D eigenvalue weighted by atomic mass is 32.1. The van der Waals surface area contributed by atoms with Gasteiger partial charge in [0.2, 0.25) is 0 Å². The molecule has 0 unspecified atom stereocenters. The second-order valence-electron chi connectivity index (χ2n) is 6.53. The van der Waals surface area contributed by atoms with Crippen LogP contribution in [-0.2, 0) is 13.1 Å². The fraction of sp³-hybridized carbons (Fsp3) is 0.368. The molecular formula is C19H23N3O2S. The smallest absolute Gasteiger partial charge is 0.261 e. The summed E-state index contributed by atoms with van der Waals surface area (Å²) >= 11 is 1.50. The van der Waals surface area contributed by atoms with Crippen LogP contribution in [0.5, 0.6) is 5.75 Å². The molecule has 3 rings (SSSR count). The van der Waals surface area contributed by atoms with Crippen molar-refractivity contribution in [2.75, 3.05) is 7.11 Å². The Labute approximate surface area is 151 Å². The van der Waals surface area contributed by atoms with Gasteiger partial charge in [0.1, 0.15) is 10.6 Å². The van der Waals surface area contributed by atoms with Crippen LogP contribution >= 0.6 is 11.3 Å². The van der Waals surface area contributed by atoms with Gasteiger partial charge in [-0.05, 0) is 36.6 Å². The SMILES string of the molecule is COc1cccc(CNC(=O)c2cc3c(C)nn(CC(C)C)c3s2)c1. The first-order chi connectivity index (χ1) is 12.0. The Balaban J connectivity index is 1.75. The first kappa shape index (κ1) is 17.5. The monoisotopic (exact) mass is 357 g/mol. The Morgan fingerprint density at radius 2 is 2.16 bits per heavy atom. The van der Waals surface area contributed by atoms with Crippen molar-refractivity contribution in [1.29, 1.82) is 0 Å². The maximum Gasteiger partial charge on any atom is 0.261 e. The predicted molar refractivity (Wildman–Crippen MR) is 101 cm³/mol. The lowest BCUT2D eigenvalue weighted by Crippen LogP contribution is -2.21. The normalized spacial score (nSPS) is 11.2. The van der Waals surface area contributed by atoms with Crippen molar-refractivity contribution < 1.29 is 9.53 Å². The largest absolute Gasteiger partial charge is 0.497 e. The fourth-order valence-corrected chi connectivity index (χ4v) is 3.83. The van der Waals surface area contributed by atoms with Gasteiger partial charge in [0, 0.05) is 18.5 Å². The van der Waals surface area contributed by atoms with Crippen molar-refractivity contribution >= 4 is 27.5 Å². The first-order valence-corrected chi connectivity index (χ1v) is 9.17. The predicted octanol–water partition coefficient (Wildman–Crippen LogP) is 4.00. The van der Waals surface area contributed by atoms with E-state index in [9.17, 15) is 4.79 Å². The zero-order chi connectivity index (χ0) is 18.0. The Morgan fingerprint density at radius 3 is 2.88 bits per heavy atom. The third-order valence-corrected chi connectivity index (χ3v) is 5.10. The number of amides is 1. The average Bonchev–Trinajstić information content (AvgIpc) is 3.14.